The van der Waals surface area contributed by atoms with E-state index in [2.05, 4.69) is 24.1 Å². The molecule has 2 rings (SSSR count). The molecule has 2 saturated heterocycles. The molecule has 0 atom stereocenters. The average molecular weight is 168 g/mol. The molecule has 2 heteroatoms. The fourth-order valence-electron chi connectivity index (χ4n) is 2.20. The van der Waals surface area contributed by atoms with Gasteiger partial charge in [0.1, 0.15) is 0 Å². The topological polar surface area (TPSA) is 15.3 Å². The van der Waals surface area contributed by atoms with Crippen LogP contribution in [0, 0.1) is 11.3 Å². The normalized spacial score (nSPS) is 27.2. The molecule has 0 aromatic carbocycles. The molecule has 0 radical (unpaired) electrons. The van der Waals surface area contributed by atoms with Gasteiger partial charge in [-0.05, 0) is 18.9 Å². The molecular formula is C10H20N2. The van der Waals surface area contributed by atoms with E-state index in [1.807, 2.05) is 0 Å². The maximum absolute atomic E-state index is 3.36. The summed E-state index contributed by atoms with van der Waals surface area (Å²) in [6, 6.07) is 0. The van der Waals surface area contributed by atoms with E-state index in [-0.39, 0.29) is 0 Å². The van der Waals surface area contributed by atoms with Crippen LogP contribution in [0.5, 0.6) is 0 Å². The van der Waals surface area contributed by atoms with Crippen molar-refractivity contribution in [2.24, 2.45) is 11.3 Å². The number of likely N-dealkylation sites (tertiary alicyclic amines) is 1. The van der Waals surface area contributed by atoms with Crippen LogP contribution in [0.3, 0.4) is 0 Å². The van der Waals surface area contributed by atoms with Crippen LogP contribution in [-0.2, 0) is 0 Å². The van der Waals surface area contributed by atoms with Gasteiger partial charge in [-0.1, -0.05) is 13.8 Å². The lowest BCUT2D eigenvalue weighted by Crippen LogP contribution is -2.71. The van der Waals surface area contributed by atoms with Gasteiger partial charge in [-0.3, -0.25) is 0 Å². The summed E-state index contributed by atoms with van der Waals surface area (Å²) in [6.45, 7) is 11.2. The van der Waals surface area contributed by atoms with Crippen LogP contribution in [0.4, 0.5) is 0 Å². The van der Waals surface area contributed by atoms with Gasteiger partial charge in [0.2, 0.25) is 0 Å². The Morgan fingerprint density at radius 1 is 1.33 bits per heavy atom. The molecule has 0 unspecified atom stereocenters. The Hall–Kier alpha value is -0.0800. The van der Waals surface area contributed by atoms with E-state index < -0.39 is 0 Å². The minimum Gasteiger partial charge on any atom is -0.315 e. The Morgan fingerprint density at radius 3 is 2.42 bits per heavy atom. The van der Waals surface area contributed by atoms with Gasteiger partial charge < -0.3 is 10.2 Å². The summed E-state index contributed by atoms with van der Waals surface area (Å²) in [4.78, 5) is 2.60. The fourth-order valence-corrected chi connectivity index (χ4v) is 2.20. The van der Waals surface area contributed by atoms with Crippen molar-refractivity contribution in [2.45, 2.75) is 20.3 Å². The van der Waals surface area contributed by atoms with E-state index >= 15 is 0 Å². The monoisotopic (exact) mass is 168 g/mol. The molecule has 2 heterocycles. The third-order valence-corrected chi connectivity index (χ3v) is 3.14. The van der Waals surface area contributed by atoms with Crippen LogP contribution in [0.15, 0.2) is 0 Å². The molecule has 0 saturated carbocycles. The van der Waals surface area contributed by atoms with Crippen molar-refractivity contribution in [3.63, 3.8) is 0 Å². The Labute approximate surface area is 75.3 Å². The molecular weight excluding hydrogens is 148 g/mol. The Kier molecular flexibility index (Phi) is 2.13. The van der Waals surface area contributed by atoms with Gasteiger partial charge in [-0.25, -0.2) is 0 Å². The maximum atomic E-state index is 3.36. The van der Waals surface area contributed by atoms with Crippen molar-refractivity contribution >= 4 is 0 Å². The first-order chi connectivity index (χ1) is 5.70. The summed E-state index contributed by atoms with van der Waals surface area (Å²) in [7, 11) is 0. The lowest BCUT2D eigenvalue weighted by atomic mass is 9.74. The summed E-state index contributed by atoms with van der Waals surface area (Å²) >= 11 is 0. The van der Waals surface area contributed by atoms with E-state index in [1.165, 1.54) is 39.1 Å². The SMILES string of the molecule is CC(C)CCN1CC2(CNC2)C1. The maximum Gasteiger partial charge on any atom is 0.0207 e. The van der Waals surface area contributed by atoms with E-state index in [9.17, 15) is 0 Å². The van der Waals surface area contributed by atoms with Crippen LogP contribution in [0.2, 0.25) is 0 Å². The highest BCUT2D eigenvalue weighted by Crippen LogP contribution is 2.33. The molecule has 2 nitrogen and oxygen atoms in total. The van der Waals surface area contributed by atoms with Crippen LogP contribution in [0.1, 0.15) is 20.3 Å². The predicted molar refractivity (Wildman–Crippen MR) is 51.2 cm³/mol. The van der Waals surface area contributed by atoms with E-state index in [0.717, 1.165) is 11.3 Å². The Morgan fingerprint density at radius 2 is 2.00 bits per heavy atom. The van der Waals surface area contributed by atoms with Gasteiger partial charge >= 0.3 is 0 Å². The molecule has 70 valence electrons. The van der Waals surface area contributed by atoms with Gasteiger partial charge in [0, 0.05) is 31.6 Å². The minimum absolute atomic E-state index is 0.719. The van der Waals surface area contributed by atoms with Crippen LogP contribution in [-0.4, -0.2) is 37.6 Å². The second-order valence-electron chi connectivity index (χ2n) is 5.00. The predicted octanol–water partition coefficient (Wildman–Crippen LogP) is 0.938. The largest absolute Gasteiger partial charge is 0.315 e. The van der Waals surface area contributed by atoms with Crippen LogP contribution >= 0.6 is 0 Å². The first kappa shape index (κ1) is 8.52. The molecule has 2 aliphatic rings. The number of hydrogen-bond acceptors (Lipinski definition) is 2. The zero-order chi connectivity index (χ0) is 8.60. The van der Waals surface area contributed by atoms with Crippen molar-refractivity contribution in [1.82, 2.24) is 10.2 Å². The van der Waals surface area contributed by atoms with E-state index in [1.54, 1.807) is 0 Å². The minimum atomic E-state index is 0.719. The molecule has 2 fully saturated rings. The molecule has 12 heavy (non-hydrogen) atoms. The van der Waals surface area contributed by atoms with E-state index in [4.69, 9.17) is 0 Å². The fraction of sp³-hybridized carbons (Fsp3) is 1.00. The standard InChI is InChI=1S/C10H20N2/c1-9(2)3-4-12-7-10(8-12)5-11-6-10/h9,11H,3-8H2,1-2H3. The first-order valence-corrected chi connectivity index (χ1v) is 5.13. The summed E-state index contributed by atoms with van der Waals surface area (Å²) in [6.07, 6.45) is 1.36. The molecule has 1 N–H and O–H groups in total. The number of nitrogens with zero attached hydrogens (tertiary/aromatic N) is 1. The van der Waals surface area contributed by atoms with Crippen LogP contribution < -0.4 is 5.32 Å². The summed E-state index contributed by atoms with van der Waals surface area (Å²) in [5.74, 6) is 0.862. The molecule has 0 aliphatic carbocycles. The summed E-state index contributed by atoms with van der Waals surface area (Å²) < 4.78 is 0. The highest BCUT2D eigenvalue weighted by molar-refractivity contribution is 5.03. The number of nitrogens with one attached hydrogen (secondary N) is 1. The highest BCUT2D eigenvalue weighted by atomic mass is 15.3. The van der Waals surface area contributed by atoms with Gasteiger partial charge in [-0.2, -0.15) is 0 Å². The van der Waals surface area contributed by atoms with Crippen molar-refractivity contribution < 1.29 is 0 Å². The third-order valence-electron chi connectivity index (χ3n) is 3.14. The number of rotatable bonds is 3. The van der Waals surface area contributed by atoms with E-state index in [0.29, 0.717) is 0 Å². The van der Waals surface area contributed by atoms with Gasteiger partial charge in [0.05, 0.1) is 0 Å². The third kappa shape index (κ3) is 1.50. The zero-order valence-electron chi connectivity index (χ0n) is 8.27. The smallest absolute Gasteiger partial charge is 0.0207 e. The quantitative estimate of drug-likeness (QED) is 0.674. The number of hydrogen-bond donors (Lipinski definition) is 1. The molecule has 0 aromatic heterocycles. The van der Waals surface area contributed by atoms with Crippen molar-refractivity contribution in [1.29, 1.82) is 0 Å². The molecule has 0 bridgehead atoms. The highest BCUT2D eigenvalue weighted by Gasteiger charge is 2.46. The first-order valence-electron chi connectivity index (χ1n) is 5.13. The van der Waals surface area contributed by atoms with Gasteiger partial charge in [-0.15, -0.1) is 0 Å². The Bertz CT molecular complexity index is 153. The van der Waals surface area contributed by atoms with Crippen molar-refractivity contribution in [3.8, 4) is 0 Å². The van der Waals surface area contributed by atoms with Gasteiger partial charge in [0.25, 0.3) is 0 Å². The zero-order valence-corrected chi connectivity index (χ0v) is 8.27. The van der Waals surface area contributed by atoms with Crippen molar-refractivity contribution in [3.05, 3.63) is 0 Å². The molecule has 0 aromatic rings. The lowest BCUT2D eigenvalue weighted by Gasteiger charge is -2.56. The summed E-state index contributed by atoms with van der Waals surface area (Å²) in [5, 5.41) is 3.36. The molecule has 0 amide bonds. The van der Waals surface area contributed by atoms with Crippen LogP contribution in [0.25, 0.3) is 0 Å². The molecule has 2 aliphatic heterocycles. The van der Waals surface area contributed by atoms with Gasteiger partial charge in [0.15, 0.2) is 0 Å². The lowest BCUT2D eigenvalue weighted by molar-refractivity contribution is -0.0409. The second kappa shape index (κ2) is 3.00. The summed E-state index contributed by atoms with van der Waals surface area (Å²) in [5.41, 5.74) is 0.719. The molecule has 1 spiro atoms. The average Bonchev–Trinajstić information content (AvgIpc) is 1.79. The Balaban J connectivity index is 1.62. The second-order valence-corrected chi connectivity index (χ2v) is 5.00. The van der Waals surface area contributed by atoms with Crippen molar-refractivity contribution in [2.75, 3.05) is 32.7 Å².